The molecule has 0 saturated carbocycles. The van der Waals surface area contributed by atoms with Crippen molar-refractivity contribution in [3.63, 3.8) is 0 Å². The number of benzene rings is 1. The van der Waals surface area contributed by atoms with Gasteiger partial charge in [-0.3, -0.25) is 4.99 Å². The lowest BCUT2D eigenvalue weighted by Gasteiger charge is -2.20. The van der Waals surface area contributed by atoms with Gasteiger partial charge in [0.25, 0.3) is 0 Å². The molecule has 0 aromatic heterocycles. The minimum atomic E-state index is 0.290. The molecule has 0 aliphatic carbocycles. The molecule has 1 aromatic rings. The predicted molar refractivity (Wildman–Crippen MR) is 114 cm³/mol. The standard InChI is InChI=1S/C20H31BrN4O2/c1-22-20(23-8-3-10-27-19-7-11-26-15-19)24-13-16-6-9-25(14-16)18-5-2-4-17(21)12-18/h2,4-5,12,16,19H,3,6-11,13-15H2,1H3,(H2,22,23,24). The molecule has 0 bridgehead atoms. The van der Waals surface area contributed by atoms with Crippen LogP contribution >= 0.6 is 15.9 Å². The van der Waals surface area contributed by atoms with Crippen LogP contribution in [0.3, 0.4) is 0 Å². The molecule has 3 rings (SSSR count). The van der Waals surface area contributed by atoms with E-state index in [-0.39, 0.29) is 6.10 Å². The molecule has 150 valence electrons. The average molecular weight is 439 g/mol. The number of nitrogens with zero attached hydrogens (tertiary/aromatic N) is 2. The van der Waals surface area contributed by atoms with E-state index < -0.39 is 0 Å². The summed E-state index contributed by atoms with van der Waals surface area (Å²) in [5.74, 6) is 1.51. The van der Waals surface area contributed by atoms with Gasteiger partial charge in [0.05, 0.1) is 12.7 Å². The molecular weight excluding hydrogens is 408 g/mol. The lowest BCUT2D eigenvalue weighted by molar-refractivity contribution is 0.0420. The van der Waals surface area contributed by atoms with Gasteiger partial charge in [-0.25, -0.2) is 0 Å². The zero-order valence-corrected chi connectivity index (χ0v) is 17.7. The number of guanidine groups is 1. The molecule has 2 saturated heterocycles. The smallest absolute Gasteiger partial charge is 0.190 e. The fraction of sp³-hybridized carbons (Fsp3) is 0.650. The molecule has 0 radical (unpaired) electrons. The van der Waals surface area contributed by atoms with Gasteiger partial charge in [-0.1, -0.05) is 22.0 Å². The highest BCUT2D eigenvalue weighted by atomic mass is 79.9. The number of halogens is 1. The minimum Gasteiger partial charge on any atom is -0.379 e. The third-order valence-corrected chi connectivity index (χ3v) is 5.59. The molecule has 0 spiro atoms. The second-order valence-corrected chi connectivity index (χ2v) is 8.09. The SMILES string of the molecule is CN=C(NCCCOC1CCOC1)NCC1CCN(c2cccc(Br)c2)C1. The van der Waals surface area contributed by atoms with Crippen molar-refractivity contribution in [1.29, 1.82) is 0 Å². The Kier molecular flexibility index (Phi) is 8.23. The van der Waals surface area contributed by atoms with E-state index >= 15 is 0 Å². The summed E-state index contributed by atoms with van der Waals surface area (Å²) in [5.41, 5.74) is 1.29. The normalized spacial score (nSPS) is 23.0. The van der Waals surface area contributed by atoms with Gasteiger partial charge in [0.15, 0.2) is 5.96 Å². The van der Waals surface area contributed by atoms with Crippen LogP contribution in [-0.4, -0.2) is 65.1 Å². The van der Waals surface area contributed by atoms with E-state index in [9.17, 15) is 0 Å². The molecule has 2 N–H and O–H groups in total. The Morgan fingerprint density at radius 2 is 2.30 bits per heavy atom. The van der Waals surface area contributed by atoms with Crippen LogP contribution in [0.4, 0.5) is 5.69 Å². The number of hydrogen-bond donors (Lipinski definition) is 2. The van der Waals surface area contributed by atoms with Gasteiger partial charge in [-0.15, -0.1) is 0 Å². The van der Waals surface area contributed by atoms with Gasteiger partial charge in [0, 0.05) is 56.6 Å². The maximum atomic E-state index is 5.79. The monoisotopic (exact) mass is 438 g/mol. The third-order valence-electron chi connectivity index (χ3n) is 5.10. The van der Waals surface area contributed by atoms with Crippen molar-refractivity contribution in [3.05, 3.63) is 28.7 Å². The van der Waals surface area contributed by atoms with Crippen LogP contribution in [0.1, 0.15) is 19.3 Å². The Morgan fingerprint density at radius 1 is 1.37 bits per heavy atom. The molecule has 2 atom stereocenters. The second kappa shape index (κ2) is 10.9. The van der Waals surface area contributed by atoms with E-state index in [2.05, 4.69) is 60.7 Å². The van der Waals surface area contributed by atoms with Crippen molar-refractivity contribution in [2.24, 2.45) is 10.9 Å². The summed E-state index contributed by atoms with van der Waals surface area (Å²) in [7, 11) is 1.82. The Hall–Kier alpha value is -1.31. The molecular formula is C20H31BrN4O2. The average Bonchev–Trinajstić information content (AvgIpc) is 3.36. The minimum absolute atomic E-state index is 0.290. The first-order valence-corrected chi connectivity index (χ1v) is 10.7. The number of nitrogens with one attached hydrogen (secondary N) is 2. The molecule has 2 unspecified atom stereocenters. The number of aliphatic imine (C=N–C) groups is 1. The molecule has 2 aliphatic heterocycles. The third kappa shape index (κ3) is 6.66. The first-order chi connectivity index (χ1) is 13.2. The number of hydrogen-bond acceptors (Lipinski definition) is 4. The lowest BCUT2D eigenvalue weighted by Crippen LogP contribution is -2.40. The summed E-state index contributed by atoms with van der Waals surface area (Å²) in [4.78, 5) is 6.78. The van der Waals surface area contributed by atoms with Crippen molar-refractivity contribution < 1.29 is 9.47 Å². The lowest BCUT2D eigenvalue weighted by atomic mass is 10.1. The summed E-state index contributed by atoms with van der Waals surface area (Å²) in [5, 5.41) is 6.85. The largest absolute Gasteiger partial charge is 0.379 e. The highest BCUT2D eigenvalue weighted by molar-refractivity contribution is 9.10. The van der Waals surface area contributed by atoms with E-state index in [0.29, 0.717) is 5.92 Å². The van der Waals surface area contributed by atoms with Gasteiger partial charge in [-0.2, -0.15) is 0 Å². The first-order valence-electron chi connectivity index (χ1n) is 9.89. The topological polar surface area (TPSA) is 58.1 Å². The highest BCUT2D eigenvalue weighted by Gasteiger charge is 2.23. The van der Waals surface area contributed by atoms with Crippen molar-refractivity contribution >= 4 is 27.6 Å². The molecule has 1 aromatic carbocycles. The van der Waals surface area contributed by atoms with Gasteiger partial charge in [0.2, 0.25) is 0 Å². The number of rotatable bonds is 8. The highest BCUT2D eigenvalue weighted by Crippen LogP contribution is 2.25. The number of ether oxygens (including phenoxy) is 2. The van der Waals surface area contributed by atoms with E-state index in [1.165, 1.54) is 12.1 Å². The maximum absolute atomic E-state index is 5.79. The van der Waals surface area contributed by atoms with Crippen LogP contribution in [0.15, 0.2) is 33.7 Å². The zero-order chi connectivity index (χ0) is 18.9. The molecule has 2 fully saturated rings. The molecule has 7 heteroatoms. The van der Waals surface area contributed by atoms with Crippen LogP contribution in [0, 0.1) is 5.92 Å². The fourth-order valence-electron chi connectivity index (χ4n) is 3.54. The molecule has 0 amide bonds. The Morgan fingerprint density at radius 3 is 3.07 bits per heavy atom. The van der Waals surface area contributed by atoms with Crippen molar-refractivity contribution in [1.82, 2.24) is 10.6 Å². The van der Waals surface area contributed by atoms with E-state index in [0.717, 1.165) is 69.3 Å². The van der Waals surface area contributed by atoms with Crippen molar-refractivity contribution in [2.75, 3.05) is 57.9 Å². The predicted octanol–water partition coefficient (Wildman–Crippen LogP) is 2.64. The number of anilines is 1. The van der Waals surface area contributed by atoms with Crippen molar-refractivity contribution in [2.45, 2.75) is 25.4 Å². The van der Waals surface area contributed by atoms with Crippen LogP contribution in [0.2, 0.25) is 0 Å². The van der Waals surface area contributed by atoms with Crippen LogP contribution in [-0.2, 0) is 9.47 Å². The van der Waals surface area contributed by atoms with Crippen LogP contribution < -0.4 is 15.5 Å². The van der Waals surface area contributed by atoms with E-state index in [4.69, 9.17) is 9.47 Å². The molecule has 27 heavy (non-hydrogen) atoms. The second-order valence-electron chi connectivity index (χ2n) is 7.17. The molecule has 6 nitrogen and oxygen atoms in total. The van der Waals surface area contributed by atoms with Crippen molar-refractivity contribution in [3.8, 4) is 0 Å². The van der Waals surface area contributed by atoms with Gasteiger partial charge in [-0.05, 0) is 43.4 Å². The summed E-state index contributed by atoms with van der Waals surface area (Å²) >= 11 is 3.56. The van der Waals surface area contributed by atoms with Gasteiger partial charge in [0.1, 0.15) is 0 Å². The van der Waals surface area contributed by atoms with Gasteiger partial charge < -0.3 is 25.0 Å². The Balaban J connectivity index is 1.30. The molecule has 2 heterocycles. The fourth-order valence-corrected chi connectivity index (χ4v) is 3.93. The van der Waals surface area contributed by atoms with Crippen LogP contribution in [0.25, 0.3) is 0 Å². The van der Waals surface area contributed by atoms with E-state index in [1.807, 2.05) is 7.05 Å². The Bertz CT molecular complexity index is 607. The summed E-state index contributed by atoms with van der Waals surface area (Å²) in [6.07, 6.45) is 3.48. The zero-order valence-electron chi connectivity index (χ0n) is 16.1. The quantitative estimate of drug-likeness (QED) is 0.371. The summed E-state index contributed by atoms with van der Waals surface area (Å²) in [6.45, 7) is 6.34. The summed E-state index contributed by atoms with van der Waals surface area (Å²) in [6, 6.07) is 8.54. The van der Waals surface area contributed by atoms with E-state index in [1.54, 1.807) is 0 Å². The summed E-state index contributed by atoms with van der Waals surface area (Å²) < 4.78 is 12.2. The maximum Gasteiger partial charge on any atom is 0.190 e. The van der Waals surface area contributed by atoms with Crippen LogP contribution in [0.5, 0.6) is 0 Å². The Labute approximate surface area is 170 Å². The first kappa shape index (κ1) is 20.4. The van der Waals surface area contributed by atoms with Gasteiger partial charge >= 0.3 is 0 Å². The molecule has 2 aliphatic rings.